The average molecular weight is 345 g/mol. The number of aryl methyl sites for hydroxylation is 1. The number of anilines is 2. The first kappa shape index (κ1) is 15.9. The van der Waals surface area contributed by atoms with Gasteiger partial charge in [0.1, 0.15) is 5.75 Å². The van der Waals surface area contributed by atoms with Crippen LogP contribution < -0.4 is 15.8 Å². The predicted octanol–water partition coefficient (Wildman–Crippen LogP) is 2.82. The zero-order valence-corrected chi connectivity index (χ0v) is 13.7. The molecule has 1 aromatic carbocycles. The first-order valence-corrected chi connectivity index (χ1v) is 8.03. The lowest BCUT2D eigenvalue weighted by Crippen LogP contribution is -2.14. The van der Waals surface area contributed by atoms with E-state index < -0.39 is 0 Å². The predicted molar refractivity (Wildman–Crippen MR) is 86.4 cm³/mol. The Morgan fingerprint density at radius 2 is 2.29 bits per heavy atom. The largest absolute Gasteiger partial charge is 0.495 e. The van der Waals surface area contributed by atoms with Crippen molar-refractivity contribution in [3.8, 4) is 5.75 Å². The van der Waals surface area contributed by atoms with Gasteiger partial charge in [-0.3, -0.25) is 4.79 Å². The third-order valence-electron chi connectivity index (χ3n) is 2.50. The fourth-order valence-electron chi connectivity index (χ4n) is 1.52. The normalized spacial score (nSPS) is 10.4. The summed E-state index contributed by atoms with van der Waals surface area (Å²) in [6, 6.07) is 3.44. The third-order valence-corrected chi connectivity index (χ3v) is 4.80. The summed E-state index contributed by atoms with van der Waals surface area (Å²) in [5, 5.41) is 11.3. The van der Waals surface area contributed by atoms with Crippen LogP contribution in [0.4, 0.5) is 10.8 Å². The Kier molecular flexibility index (Phi) is 5.27. The molecule has 0 fully saturated rings. The second-order valence-electron chi connectivity index (χ2n) is 4.04. The molecule has 112 valence electrons. The van der Waals surface area contributed by atoms with Gasteiger partial charge >= 0.3 is 0 Å². The molecule has 0 saturated heterocycles. The molecule has 3 N–H and O–H groups in total. The number of hydrogen-bond acceptors (Lipinski definition) is 7. The summed E-state index contributed by atoms with van der Waals surface area (Å²) in [5.74, 6) is 0.553. The lowest BCUT2D eigenvalue weighted by Gasteiger charge is -2.11. The van der Waals surface area contributed by atoms with Crippen molar-refractivity contribution in [2.45, 2.75) is 11.3 Å². The van der Waals surface area contributed by atoms with Gasteiger partial charge in [0.15, 0.2) is 4.34 Å². The molecule has 0 atom stereocenters. The molecule has 9 heteroatoms. The maximum Gasteiger partial charge on any atom is 0.234 e. The number of carbonyl (C=O) groups is 1. The summed E-state index contributed by atoms with van der Waals surface area (Å²) in [6.45, 7) is 1.86. The number of nitrogen functional groups attached to an aromatic ring is 1. The highest BCUT2D eigenvalue weighted by Gasteiger charge is 2.12. The Morgan fingerprint density at radius 1 is 1.52 bits per heavy atom. The van der Waals surface area contributed by atoms with Crippen LogP contribution in [0, 0.1) is 6.92 Å². The van der Waals surface area contributed by atoms with Gasteiger partial charge in [-0.15, -0.1) is 10.2 Å². The topological polar surface area (TPSA) is 90.1 Å². The van der Waals surface area contributed by atoms with Gasteiger partial charge in [0.05, 0.1) is 18.6 Å². The molecule has 0 saturated carbocycles. The first-order valence-electron chi connectivity index (χ1n) is 5.85. The van der Waals surface area contributed by atoms with Crippen LogP contribution in [0.5, 0.6) is 5.75 Å². The fraction of sp³-hybridized carbons (Fsp3) is 0.250. The van der Waals surface area contributed by atoms with E-state index in [-0.39, 0.29) is 11.7 Å². The number of ether oxygens (including phenoxy) is 1. The molecule has 0 spiro atoms. The van der Waals surface area contributed by atoms with Crippen molar-refractivity contribution in [1.82, 2.24) is 10.2 Å². The summed E-state index contributed by atoms with van der Waals surface area (Å²) >= 11 is 8.54. The van der Waals surface area contributed by atoms with Gasteiger partial charge in [0.25, 0.3) is 0 Å². The molecular weight excluding hydrogens is 332 g/mol. The van der Waals surface area contributed by atoms with Crippen molar-refractivity contribution >= 4 is 51.4 Å². The molecule has 1 aromatic heterocycles. The van der Waals surface area contributed by atoms with Gasteiger partial charge in [0, 0.05) is 11.1 Å². The van der Waals surface area contributed by atoms with Crippen molar-refractivity contribution in [1.29, 1.82) is 0 Å². The summed E-state index contributed by atoms with van der Waals surface area (Å²) in [6.07, 6.45) is 0. The number of thioether (sulfide) groups is 1. The van der Waals surface area contributed by atoms with E-state index in [1.54, 1.807) is 12.1 Å². The molecule has 2 rings (SSSR count). The van der Waals surface area contributed by atoms with Crippen LogP contribution in [0.1, 0.15) is 5.56 Å². The fourth-order valence-corrected chi connectivity index (χ4v) is 3.11. The van der Waals surface area contributed by atoms with Crippen molar-refractivity contribution in [3.05, 3.63) is 22.7 Å². The van der Waals surface area contributed by atoms with Gasteiger partial charge in [-0.05, 0) is 18.6 Å². The Morgan fingerprint density at radius 3 is 2.90 bits per heavy atom. The molecule has 1 heterocycles. The van der Waals surface area contributed by atoms with Crippen LogP contribution in [0.25, 0.3) is 0 Å². The standard InChI is InChI=1S/C12H13ClN4O2S2/c1-6-3-8(9(19-2)4-7(6)13)15-10(18)5-20-12-17-16-11(14)21-12/h3-4H,5H2,1-2H3,(H2,14,16)(H,15,18). The zero-order valence-electron chi connectivity index (χ0n) is 11.3. The minimum atomic E-state index is -0.172. The second-order valence-corrected chi connectivity index (χ2v) is 6.68. The number of nitrogens with one attached hydrogen (secondary N) is 1. The molecular formula is C12H13ClN4O2S2. The van der Waals surface area contributed by atoms with Gasteiger partial charge in [-0.25, -0.2) is 0 Å². The summed E-state index contributed by atoms with van der Waals surface area (Å²) in [4.78, 5) is 12.0. The van der Waals surface area contributed by atoms with E-state index >= 15 is 0 Å². The Hall–Kier alpha value is -1.51. The number of carbonyl (C=O) groups excluding carboxylic acids is 1. The van der Waals surface area contributed by atoms with Gasteiger partial charge in [0.2, 0.25) is 11.0 Å². The first-order chi connectivity index (χ1) is 9.99. The van der Waals surface area contributed by atoms with E-state index in [9.17, 15) is 4.79 Å². The van der Waals surface area contributed by atoms with Gasteiger partial charge < -0.3 is 15.8 Å². The van der Waals surface area contributed by atoms with Crippen LogP contribution in [-0.2, 0) is 4.79 Å². The summed E-state index contributed by atoms with van der Waals surface area (Å²) < 4.78 is 5.86. The van der Waals surface area contributed by atoms with Crippen LogP contribution in [-0.4, -0.2) is 29.0 Å². The van der Waals surface area contributed by atoms with Gasteiger partial charge in [-0.1, -0.05) is 34.7 Å². The van der Waals surface area contributed by atoms with E-state index in [0.717, 1.165) is 5.56 Å². The number of benzene rings is 1. The third kappa shape index (κ3) is 4.23. The Balaban J connectivity index is 2.00. The second kappa shape index (κ2) is 6.97. The molecule has 0 unspecified atom stereocenters. The van der Waals surface area contributed by atoms with E-state index in [1.807, 2.05) is 6.92 Å². The SMILES string of the molecule is COc1cc(Cl)c(C)cc1NC(=O)CSc1nnc(N)s1. The quantitative estimate of drug-likeness (QED) is 0.810. The lowest BCUT2D eigenvalue weighted by molar-refractivity contribution is -0.113. The highest BCUT2D eigenvalue weighted by molar-refractivity contribution is 8.01. The molecule has 2 aromatic rings. The van der Waals surface area contributed by atoms with Crippen molar-refractivity contribution in [3.63, 3.8) is 0 Å². The number of methoxy groups -OCH3 is 1. The monoisotopic (exact) mass is 344 g/mol. The van der Waals surface area contributed by atoms with Crippen LogP contribution in [0.2, 0.25) is 5.02 Å². The smallest absolute Gasteiger partial charge is 0.234 e. The molecule has 0 aliphatic rings. The molecule has 1 amide bonds. The minimum absolute atomic E-state index is 0.172. The van der Waals surface area contributed by atoms with E-state index in [2.05, 4.69) is 15.5 Å². The maximum atomic E-state index is 12.0. The number of rotatable bonds is 5. The van der Waals surface area contributed by atoms with E-state index in [4.69, 9.17) is 22.1 Å². The highest BCUT2D eigenvalue weighted by atomic mass is 35.5. The highest BCUT2D eigenvalue weighted by Crippen LogP contribution is 2.31. The molecule has 0 bridgehead atoms. The van der Waals surface area contributed by atoms with Crippen LogP contribution >= 0.6 is 34.7 Å². The zero-order chi connectivity index (χ0) is 15.4. The average Bonchev–Trinajstić information content (AvgIpc) is 2.86. The Labute approximate surface area is 135 Å². The lowest BCUT2D eigenvalue weighted by atomic mass is 10.2. The summed E-state index contributed by atoms with van der Waals surface area (Å²) in [5.41, 5.74) is 6.92. The Bertz CT molecular complexity index is 663. The van der Waals surface area contributed by atoms with Crippen LogP contribution in [0.15, 0.2) is 16.5 Å². The maximum absolute atomic E-state index is 12.0. The number of nitrogens with zero attached hydrogens (tertiary/aromatic N) is 2. The number of halogens is 1. The van der Waals surface area contributed by atoms with E-state index in [0.29, 0.717) is 25.9 Å². The molecule has 0 aliphatic heterocycles. The minimum Gasteiger partial charge on any atom is -0.495 e. The van der Waals surface area contributed by atoms with Crippen LogP contribution in [0.3, 0.4) is 0 Å². The van der Waals surface area contributed by atoms with Crippen molar-refractivity contribution < 1.29 is 9.53 Å². The van der Waals surface area contributed by atoms with Crippen molar-refractivity contribution in [2.75, 3.05) is 23.9 Å². The number of nitrogens with two attached hydrogens (primary N) is 1. The summed E-state index contributed by atoms with van der Waals surface area (Å²) in [7, 11) is 1.52. The molecule has 21 heavy (non-hydrogen) atoms. The molecule has 6 nitrogen and oxygen atoms in total. The molecule has 0 aliphatic carbocycles. The molecule has 0 radical (unpaired) electrons. The van der Waals surface area contributed by atoms with Gasteiger partial charge in [-0.2, -0.15) is 0 Å². The number of hydrogen-bond donors (Lipinski definition) is 2. The number of aromatic nitrogens is 2. The van der Waals surface area contributed by atoms with Crippen molar-refractivity contribution in [2.24, 2.45) is 0 Å². The van der Waals surface area contributed by atoms with E-state index in [1.165, 1.54) is 30.2 Å². The number of amides is 1.